The molecule has 6 rings (SSSR count). The highest BCUT2D eigenvalue weighted by atomic mass is 19.1. The van der Waals surface area contributed by atoms with Crippen LogP contribution in [-0.4, -0.2) is 74.9 Å². The number of hydrogen-bond donors (Lipinski definition) is 0. The molecule has 2 amide bonds. The lowest BCUT2D eigenvalue weighted by atomic mass is 9.99. The van der Waals surface area contributed by atoms with Crippen molar-refractivity contribution in [3.8, 4) is 0 Å². The van der Waals surface area contributed by atoms with Crippen LogP contribution in [0.1, 0.15) is 57.2 Å². The van der Waals surface area contributed by atoms with Gasteiger partial charge in [0.2, 0.25) is 5.95 Å². The van der Waals surface area contributed by atoms with Crippen molar-refractivity contribution >= 4 is 29.2 Å². The Morgan fingerprint density at radius 2 is 1.81 bits per heavy atom. The lowest BCUT2D eigenvalue weighted by Crippen LogP contribution is -2.41. The number of amides is 2. The van der Waals surface area contributed by atoms with Gasteiger partial charge in [-0.2, -0.15) is 4.39 Å². The second kappa shape index (κ2) is 14.2. The average Bonchev–Trinajstić information content (AvgIpc) is 3.55. The SMILES string of the molecule is CCCn1c(=O)c2c(n(CCOC)c1=O)N=C(c1ccc(N(CCCN3CCc4ccccc4C3=O)C(=O)c3ccc(F)nc3)nc1)C2. The fourth-order valence-electron chi connectivity index (χ4n) is 6.14. The fraction of sp³-hybridized carbons (Fsp3) is 0.343. The van der Waals surface area contributed by atoms with Crippen molar-refractivity contribution < 1.29 is 18.7 Å². The Labute approximate surface area is 276 Å². The van der Waals surface area contributed by atoms with Gasteiger partial charge in [-0.05, 0) is 55.2 Å². The maximum Gasteiger partial charge on any atom is 0.332 e. The highest BCUT2D eigenvalue weighted by Gasteiger charge is 2.28. The first-order valence-electron chi connectivity index (χ1n) is 16.0. The number of hydrogen-bond acceptors (Lipinski definition) is 8. The highest BCUT2D eigenvalue weighted by Crippen LogP contribution is 2.26. The summed E-state index contributed by atoms with van der Waals surface area (Å²) in [5.41, 5.74) is 2.80. The van der Waals surface area contributed by atoms with Gasteiger partial charge in [0.25, 0.3) is 17.4 Å². The Bertz CT molecular complexity index is 1990. The summed E-state index contributed by atoms with van der Waals surface area (Å²) in [4.78, 5) is 69.4. The zero-order valence-corrected chi connectivity index (χ0v) is 26.9. The lowest BCUT2D eigenvalue weighted by molar-refractivity contribution is 0.0738. The Morgan fingerprint density at radius 3 is 2.54 bits per heavy atom. The molecule has 0 N–H and O–H groups in total. The van der Waals surface area contributed by atoms with Crippen LogP contribution < -0.4 is 16.1 Å². The number of nitrogens with zero attached hydrogens (tertiary/aromatic N) is 7. The first-order valence-corrected chi connectivity index (χ1v) is 16.0. The summed E-state index contributed by atoms with van der Waals surface area (Å²) in [6.07, 6.45) is 4.85. The molecule has 48 heavy (non-hydrogen) atoms. The number of pyridine rings is 2. The minimum atomic E-state index is -0.697. The van der Waals surface area contributed by atoms with Crippen molar-refractivity contribution in [2.75, 3.05) is 38.3 Å². The van der Waals surface area contributed by atoms with E-state index in [2.05, 4.69) is 9.97 Å². The number of halogens is 1. The summed E-state index contributed by atoms with van der Waals surface area (Å²) < 4.78 is 21.5. The maximum atomic E-state index is 13.7. The molecule has 0 saturated carbocycles. The number of anilines is 1. The van der Waals surface area contributed by atoms with Gasteiger partial charge in [-0.15, -0.1) is 0 Å². The average molecular weight is 654 g/mol. The van der Waals surface area contributed by atoms with Gasteiger partial charge < -0.3 is 9.64 Å². The highest BCUT2D eigenvalue weighted by molar-refractivity contribution is 6.07. The number of aromatic nitrogens is 4. The Morgan fingerprint density at radius 1 is 0.979 bits per heavy atom. The summed E-state index contributed by atoms with van der Waals surface area (Å²) in [6, 6.07) is 13.5. The molecule has 4 aromatic rings. The van der Waals surface area contributed by atoms with E-state index in [-0.39, 0.29) is 43.1 Å². The van der Waals surface area contributed by atoms with Gasteiger partial charge in [0.1, 0.15) is 11.6 Å². The Kier molecular flexibility index (Phi) is 9.67. The van der Waals surface area contributed by atoms with Gasteiger partial charge in [0, 0.05) is 63.2 Å². The lowest BCUT2D eigenvalue weighted by Gasteiger charge is -2.29. The van der Waals surface area contributed by atoms with Crippen LogP contribution in [0.3, 0.4) is 0 Å². The number of carbonyl (C=O) groups excluding carboxylic acids is 2. The zero-order chi connectivity index (χ0) is 33.8. The fourth-order valence-corrected chi connectivity index (χ4v) is 6.14. The van der Waals surface area contributed by atoms with Crippen molar-refractivity contribution in [3.63, 3.8) is 0 Å². The summed E-state index contributed by atoms with van der Waals surface area (Å²) in [6.45, 7) is 4.00. The minimum absolute atomic E-state index is 0.0348. The van der Waals surface area contributed by atoms with Gasteiger partial charge in [-0.25, -0.2) is 19.8 Å². The predicted molar refractivity (Wildman–Crippen MR) is 178 cm³/mol. The van der Waals surface area contributed by atoms with Gasteiger partial charge in [0.05, 0.1) is 30.0 Å². The van der Waals surface area contributed by atoms with Crippen molar-refractivity contribution in [2.45, 2.75) is 45.7 Å². The molecule has 0 radical (unpaired) electrons. The molecule has 13 heteroatoms. The van der Waals surface area contributed by atoms with Crippen molar-refractivity contribution in [3.05, 3.63) is 116 Å². The number of fused-ring (bicyclic) bond motifs is 2. The number of methoxy groups -OCH3 is 1. The van der Waals surface area contributed by atoms with Crippen LogP contribution in [0.4, 0.5) is 16.0 Å². The van der Waals surface area contributed by atoms with Crippen LogP contribution >= 0.6 is 0 Å². The molecule has 0 atom stereocenters. The quantitative estimate of drug-likeness (QED) is 0.214. The minimum Gasteiger partial charge on any atom is -0.383 e. The zero-order valence-electron chi connectivity index (χ0n) is 26.9. The topological polar surface area (TPSA) is 132 Å². The Balaban J connectivity index is 1.24. The molecule has 2 aliphatic rings. The van der Waals surface area contributed by atoms with Crippen molar-refractivity contribution in [1.29, 1.82) is 0 Å². The van der Waals surface area contributed by atoms with Crippen LogP contribution in [0.15, 0.2) is 75.5 Å². The Hall–Kier alpha value is -5.30. The monoisotopic (exact) mass is 653 g/mol. The first kappa shape index (κ1) is 32.6. The van der Waals surface area contributed by atoms with Crippen molar-refractivity contribution in [2.24, 2.45) is 4.99 Å². The van der Waals surface area contributed by atoms with E-state index >= 15 is 0 Å². The van der Waals surface area contributed by atoms with Crippen LogP contribution in [0, 0.1) is 5.95 Å². The molecule has 12 nitrogen and oxygen atoms in total. The summed E-state index contributed by atoms with van der Waals surface area (Å²) in [5, 5.41) is 0. The number of aliphatic imine (C=N–C) groups is 1. The van der Waals surface area contributed by atoms with E-state index < -0.39 is 17.5 Å². The summed E-state index contributed by atoms with van der Waals surface area (Å²) in [5.74, 6) is -0.475. The van der Waals surface area contributed by atoms with Gasteiger partial charge >= 0.3 is 5.69 Å². The number of ether oxygens (including phenoxy) is 1. The van der Waals surface area contributed by atoms with E-state index in [1.807, 2.05) is 31.2 Å². The molecular weight excluding hydrogens is 617 g/mol. The normalized spacial score (nSPS) is 13.7. The van der Waals surface area contributed by atoms with Crippen molar-refractivity contribution in [1.82, 2.24) is 24.0 Å². The molecule has 248 valence electrons. The van der Waals surface area contributed by atoms with E-state index in [0.717, 1.165) is 18.1 Å². The van der Waals surface area contributed by atoms with Crippen LogP contribution in [0.25, 0.3) is 0 Å². The molecule has 0 bridgehead atoms. The molecule has 0 unspecified atom stereocenters. The smallest absolute Gasteiger partial charge is 0.332 e. The first-order chi connectivity index (χ1) is 23.3. The van der Waals surface area contributed by atoms with Crippen LogP contribution in [0.2, 0.25) is 0 Å². The largest absolute Gasteiger partial charge is 0.383 e. The third-order valence-electron chi connectivity index (χ3n) is 8.61. The standard InChI is InChI=1S/C35H36FN7O5/c1-3-14-43-34(46)27-20-28(39-31(27)42(35(43)47)18-19-48-2)24-10-12-30(38-21-24)41(32(44)25-9-11-29(36)37-22-25)16-6-15-40-17-13-23-7-4-5-8-26(23)33(40)45/h4-5,7-12,21-22H,3,6,13-20H2,1-2H3. The predicted octanol–water partition coefficient (Wildman–Crippen LogP) is 3.41. The second-order valence-corrected chi connectivity index (χ2v) is 11.7. The number of rotatable bonds is 12. The molecule has 0 aliphatic carbocycles. The maximum absolute atomic E-state index is 13.7. The summed E-state index contributed by atoms with van der Waals surface area (Å²) >= 11 is 0. The van der Waals surface area contributed by atoms with E-state index in [0.29, 0.717) is 66.5 Å². The van der Waals surface area contributed by atoms with E-state index in [4.69, 9.17) is 9.73 Å². The molecule has 0 spiro atoms. The van der Waals surface area contributed by atoms with Crippen LogP contribution in [0.5, 0.6) is 0 Å². The molecule has 5 heterocycles. The molecule has 1 aromatic carbocycles. The van der Waals surface area contributed by atoms with Crippen LogP contribution in [-0.2, 0) is 30.7 Å². The van der Waals surface area contributed by atoms with E-state index in [1.165, 1.54) is 26.3 Å². The molecular formula is C35H36FN7O5. The number of carbonyl (C=O) groups is 2. The second-order valence-electron chi connectivity index (χ2n) is 11.7. The van der Waals surface area contributed by atoms with Gasteiger partial charge in [-0.1, -0.05) is 25.1 Å². The molecule has 0 fully saturated rings. The molecule has 0 saturated heterocycles. The van der Waals surface area contributed by atoms with Gasteiger partial charge in [0.15, 0.2) is 0 Å². The molecule has 2 aliphatic heterocycles. The molecule has 3 aromatic heterocycles. The summed E-state index contributed by atoms with van der Waals surface area (Å²) in [7, 11) is 1.54. The third-order valence-corrected chi connectivity index (χ3v) is 8.61. The third kappa shape index (κ3) is 6.45. The van der Waals surface area contributed by atoms with Gasteiger partial charge in [-0.3, -0.25) is 28.4 Å². The van der Waals surface area contributed by atoms with E-state index in [1.54, 1.807) is 30.3 Å². The number of benzene rings is 1. The van der Waals surface area contributed by atoms with E-state index in [9.17, 15) is 23.6 Å².